The number of benzene rings is 2. The van der Waals surface area contributed by atoms with Gasteiger partial charge in [-0.1, -0.05) is 41.9 Å². The number of pyridine rings is 1. The van der Waals surface area contributed by atoms with Crippen LogP contribution in [0, 0.1) is 0 Å². The Labute approximate surface area is 162 Å². The fourth-order valence-electron chi connectivity index (χ4n) is 2.78. The van der Waals surface area contributed by atoms with E-state index in [9.17, 15) is 18.0 Å². The van der Waals surface area contributed by atoms with Crippen LogP contribution in [0.25, 0.3) is 10.8 Å². The number of hydrogen-bond acceptors (Lipinski definition) is 5. The number of fused-ring (bicyclic) bond motifs is 1. The van der Waals surface area contributed by atoms with Crippen LogP contribution in [0.15, 0.2) is 42.5 Å². The van der Waals surface area contributed by atoms with Gasteiger partial charge in [0.25, 0.3) is 0 Å². The van der Waals surface area contributed by atoms with Crippen LogP contribution in [0.5, 0.6) is 5.75 Å². The molecule has 0 spiro atoms. The third-order valence-corrected chi connectivity index (χ3v) is 4.31. The number of nitrogens with zero attached hydrogens (tertiary/aromatic N) is 1. The first-order valence-electron chi connectivity index (χ1n) is 7.98. The van der Waals surface area contributed by atoms with Gasteiger partial charge < -0.3 is 15.2 Å². The highest BCUT2D eigenvalue weighted by atomic mass is 35.5. The minimum atomic E-state index is -4.78. The molecule has 0 amide bonds. The number of carbonyl (C=O) groups is 1. The average Bonchev–Trinajstić information content (AvgIpc) is 2.66. The zero-order valence-corrected chi connectivity index (χ0v) is 15.3. The Hall–Kier alpha value is -3.00. The van der Waals surface area contributed by atoms with Crippen LogP contribution in [0.3, 0.4) is 0 Å². The lowest BCUT2D eigenvalue weighted by Crippen LogP contribution is -2.14. The summed E-state index contributed by atoms with van der Waals surface area (Å²) in [6, 6.07) is 11.3. The zero-order chi connectivity index (χ0) is 20.5. The van der Waals surface area contributed by atoms with Gasteiger partial charge in [0.15, 0.2) is 11.4 Å². The maximum atomic E-state index is 13.6. The van der Waals surface area contributed by atoms with Gasteiger partial charge in [-0.25, -0.2) is 9.78 Å². The summed E-state index contributed by atoms with van der Waals surface area (Å²) in [5, 5.41) is -1.01. The molecule has 0 unspecified atom stereocenters. The van der Waals surface area contributed by atoms with Gasteiger partial charge in [0.2, 0.25) is 0 Å². The molecule has 0 aliphatic rings. The number of alkyl halides is 3. The van der Waals surface area contributed by atoms with E-state index in [1.807, 2.05) is 0 Å². The summed E-state index contributed by atoms with van der Waals surface area (Å²) >= 11 is 5.78. The van der Waals surface area contributed by atoms with Crippen LogP contribution in [0.1, 0.15) is 21.6 Å². The number of hydrogen-bond donors (Lipinski definition) is 1. The summed E-state index contributed by atoms with van der Waals surface area (Å²) < 4.78 is 51.1. The highest BCUT2D eigenvalue weighted by Crippen LogP contribution is 2.44. The predicted molar refractivity (Wildman–Crippen MR) is 98.3 cm³/mol. The molecule has 3 aromatic rings. The molecule has 1 heterocycles. The number of esters is 1. The van der Waals surface area contributed by atoms with Gasteiger partial charge in [-0.05, 0) is 17.7 Å². The van der Waals surface area contributed by atoms with Gasteiger partial charge in [0.05, 0.1) is 17.7 Å². The number of carbonyl (C=O) groups excluding carboxylic acids is 1. The summed E-state index contributed by atoms with van der Waals surface area (Å²) in [6.07, 6.45) is -4.78. The lowest BCUT2D eigenvalue weighted by atomic mass is 10.0. The monoisotopic (exact) mass is 410 g/mol. The van der Waals surface area contributed by atoms with E-state index in [1.54, 1.807) is 30.3 Å². The van der Waals surface area contributed by atoms with Crippen molar-refractivity contribution < 1.29 is 27.4 Å². The van der Waals surface area contributed by atoms with E-state index in [0.717, 1.165) is 18.7 Å². The van der Waals surface area contributed by atoms with Crippen molar-refractivity contribution in [2.45, 2.75) is 12.8 Å². The Kier molecular flexibility index (Phi) is 5.33. The Balaban J connectivity index is 2.26. The molecule has 9 heteroatoms. The van der Waals surface area contributed by atoms with E-state index in [4.69, 9.17) is 22.1 Å². The third-order valence-electron chi connectivity index (χ3n) is 3.99. The van der Waals surface area contributed by atoms with Crippen LogP contribution in [0.2, 0.25) is 5.02 Å². The molecule has 0 radical (unpaired) electrons. The minimum Gasteiger partial charge on any atom is -0.486 e. The fourth-order valence-corrected chi connectivity index (χ4v) is 3.04. The van der Waals surface area contributed by atoms with Crippen LogP contribution < -0.4 is 10.5 Å². The molecular formula is C19H14ClF3N2O3. The summed E-state index contributed by atoms with van der Waals surface area (Å²) in [4.78, 5) is 15.9. The number of aromatic nitrogens is 1. The van der Waals surface area contributed by atoms with E-state index in [2.05, 4.69) is 9.72 Å². The van der Waals surface area contributed by atoms with Crippen molar-refractivity contribution >= 4 is 34.2 Å². The van der Waals surface area contributed by atoms with Crippen LogP contribution in [0.4, 0.5) is 19.0 Å². The molecule has 0 saturated carbocycles. The van der Waals surface area contributed by atoms with Crippen LogP contribution in [-0.4, -0.2) is 18.1 Å². The Morgan fingerprint density at radius 2 is 1.86 bits per heavy atom. The molecule has 0 bridgehead atoms. The molecule has 1 aromatic heterocycles. The van der Waals surface area contributed by atoms with Crippen LogP contribution in [-0.2, 0) is 17.5 Å². The fraction of sp³-hybridized carbons (Fsp3) is 0.158. The smallest absolute Gasteiger partial charge is 0.418 e. The van der Waals surface area contributed by atoms with Gasteiger partial charge in [-0.3, -0.25) is 0 Å². The summed E-state index contributed by atoms with van der Waals surface area (Å²) in [5.41, 5.74) is 5.04. The highest BCUT2D eigenvalue weighted by Gasteiger charge is 2.37. The first-order chi connectivity index (χ1) is 13.2. The first-order valence-corrected chi connectivity index (χ1v) is 8.35. The number of halogens is 4. The molecule has 2 N–H and O–H groups in total. The standard InChI is InChI=1S/C19H14ClF3N2O3/c1-27-18(26)15-16(28-9-10-5-3-2-4-6-10)11-7-8-12(20)14(19(21,22)23)13(11)17(24)25-15/h2-8H,9H2,1H3,(H2,24,25). The number of nitrogens with two attached hydrogens (primary N) is 1. The molecular weight excluding hydrogens is 397 g/mol. The topological polar surface area (TPSA) is 74.4 Å². The van der Waals surface area contributed by atoms with Crippen LogP contribution >= 0.6 is 11.6 Å². The minimum absolute atomic E-state index is 0.00445. The Bertz CT molecular complexity index is 1040. The maximum Gasteiger partial charge on any atom is 0.418 e. The predicted octanol–water partition coefficient (Wildman–Crippen LogP) is 4.85. The summed E-state index contributed by atoms with van der Waals surface area (Å²) in [6.45, 7) is -0.00445. The van der Waals surface area contributed by atoms with Gasteiger partial charge in [-0.15, -0.1) is 0 Å². The van der Waals surface area contributed by atoms with Crippen molar-refractivity contribution in [1.82, 2.24) is 4.98 Å². The number of nitrogen functional groups attached to an aromatic ring is 1. The third kappa shape index (κ3) is 3.68. The molecule has 28 heavy (non-hydrogen) atoms. The zero-order valence-electron chi connectivity index (χ0n) is 14.5. The average molecular weight is 411 g/mol. The van der Waals surface area contributed by atoms with E-state index in [1.165, 1.54) is 6.07 Å². The molecule has 0 atom stereocenters. The first kappa shape index (κ1) is 19.8. The number of rotatable bonds is 4. The van der Waals surface area contributed by atoms with Gasteiger partial charge >= 0.3 is 12.1 Å². The maximum absolute atomic E-state index is 13.6. The van der Waals surface area contributed by atoms with Crippen molar-refractivity contribution in [3.8, 4) is 5.75 Å². The van der Waals surface area contributed by atoms with E-state index in [0.29, 0.717) is 0 Å². The van der Waals surface area contributed by atoms with Gasteiger partial charge in [0.1, 0.15) is 12.4 Å². The largest absolute Gasteiger partial charge is 0.486 e. The Morgan fingerprint density at radius 3 is 2.46 bits per heavy atom. The van der Waals surface area contributed by atoms with Gasteiger partial charge in [0, 0.05) is 10.8 Å². The van der Waals surface area contributed by atoms with E-state index in [-0.39, 0.29) is 23.4 Å². The second-order valence-electron chi connectivity index (χ2n) is 5.78. The highest BCUT2D eigenvalue weighted by molar-refractivity contribution is 6.33. The second kappa shape index (κ2) is 7.55. The molecule has 0 fully saturated rings. The lowest BCUT2D eigenvalue weighted by Gasteiger charge is -2.18. The van der Waals surface area contributed by atoms with Crippen molar-refractivity contribution in [2.24, 2.45) is 0 Å². The SMILES string of the molecule is COC(=O)c1nc(N)c2c(C(F)(F)F)c(Cl)ccc2c1OCc1ccccc1. The molecule has 2 aromatic carbocycles. The molecule has 0 saturated heterocycles. The van der Waals surface area contributed by atoms with Gasteiger partial charge in [-0.2, -0.15) is 13.2 Å². The van der Waals surface area contributed by atoms with Crippen molar-refractivity contribution in [3.05, 3.63) is 64.3 Å². The number of anilines is 1. The molecule has 146 valence electrons. The molecule has 3 rings (SSSR count). The summed E-state index contributed by atoms with van der Waals surface area (Å²) in [5.74, 6) is -1.56. The lowest BCUT2D eigenvalue weighted by molar-refractivity contribution is -0.136. The number of ether oxygens (including phenoxy) is 2. The normalized spacial score (nSPS) is 11.5. The van der Waals surface area contributed by atoms with Crippen molar-refractivity contribution in [1.29, 1.82) is 0 Å². The molecule has 0 aliphatic carbocycles. The quantitative estimate of drug-likeness (QED) is 0.622. The molecule has 0 aliphatic heterocycles. The van der Waals surface area contributed by atoms with E-state index < -0.39 is 33.9 Å². The number of methoxy groups -OCH3 is 1. The second-order valence-corrected chi connectivity index (χ2v) is 6.19. The Morgan fingerprint density at radius 1 is 1.18 bits per heavy atom. The van der Waals surface area contributed by atoms with Crippen molar-refractivity contribution in [2.75, 3.05) is 12.8 Å². The van der Waals surface area contributed by atoms with E-state index >= 15 is 0 Å². The van der Waals surface area contributed by atoms with Crippen molar-refractivity contribution in [3.63, 3.8) is 0 Å². The summed E-state index contributed by atoms with van der Waals surface area (Å²) in [7, 11) is 1.12. The molecule has 5 nitrogen and oxygen atoms in total.